The third kappa shape index (κ3) is 2.66. The van der Waals surface area contributed by atoms with Gasteiger partial charge < -0.3 is 10.3 Å². The van der Waals surface area contributed by atoms with Gasteiger partial charge in [-0.05, 0) is 38.1 Å². The van der Waals surface area contributed by atoms with Gasteiger partial charge in [0.15, 0.2) is 17.1 Å². The Kier molecular flexibility index (Phi) is 3.75. The van der Waals surface area contributed by atoms with E-state index in [9.17, 15) is 0 Å². The summed E-state index contributed by atoms with van der Waals surface area (Å²) in [6.07, 6.45) is 3.13. The first kappa shape index (κ1) is 16.4. The molecular weight excluding hydrogens is 352 g/mol. The van der Waals surface area contributed by atoms with Crippen LogP contribution < -0.4 is 5.32 Å². The first-order valence-electron chi connectivity index (χ1n) is 9.03. The topological polar surface area (TPSA) is 97.2 Å². The van der Waals surface area contributed by atoms with E-state index >= 15 is 0 Å². The highest BCUT2D eigenvalue weighted by atomic mass is 15.2. The molecule has 0 aliphatic carbocycles. The number of aromatic amines is 1. The lowest BCUT2D eigenvalue weighted by Gasteiger charge is -2.16. The third-order valence-electron chi connectivity index (χ3n) is 4.64. The fraction of sp³-hybridized carbons (Fsp3) is 0.150. The van der Waals surface area contributed by atoms with Gasteiger partial charge >= 0.3 is 0 Å². The summed E-state index contributed by atoms with van der Waals surface area (Å²) in [6.45, 7) is 4.03. The lowest BCUT2D eigenvalue weighted by molar-refractivity contribution is 0.767. The number of imidazole rings is 2. The molecular formula is C20H18N8. The Bertz CT molecular complexity index is 1270. The number of hydrogen-bond donors (Lipinski definition) is 2. The van der Waals surface area contributed by atoms with Gasteiger partial charge in [-0.15, -0.1) is 0 Å². The number of rotatable bonds is 4. The average molecular weight is 370 g/mol. The van der Waals surface area contributed by atoms with E-state index in [0.29, 0.717) is 17.0 Å². The van der Waals surface area contributed by atoms with Crippen LogP contribution in [-0.4, -0.2) is 34.5 Å². The van der Waals surface area contributed by atoms with E-state index < -0.39 is 0 Å². The fourth-order valence-electron chi connectivity index (χ4n) is 3.33. The van der Waals surface area contributed by atoms with Crippen molar-refractivity contribution in [2.75, 3.05) is 5.32 Å². The van der Waals surface area contributed by atoms with E-state index in [1.54, 1.807) is 6.33 Å². The molecule has 4 aromatic heterocycles. The number of para-hydroxylation sites is 1. The van der Waals surface area contributed by atoms with Gasteiger partial charge in [0.1, 0.15) is 23.2 Å². The Hall–Kier alpha value is -3.81. The van der Waals surface area contributed by atoms with Crippen LogP contribution in [0.5, 0.6) is 0 Å². The Morgan fingerprint density at radius 1 is 1.00 bits per heavy atom. The minimum atomic E-state index is -0.135. The van der Waals surface area contributed by atoms with Crippen LogP contribution >= 0.6 is 0 Å². The molecule has 5 rings (SSSR count). The molecule has 1 atom stereocenters. The monoisotopic (exact) mass is 370 g/mol. The highest BCUT2D eigenvalue weighted by Crippen LogP contribution is 2.27. The predicted octanol–water partition coefficient (Wildman–Crippen LogP) is 3.57. The molecule has 0 radical (unpaired) electrons. The van der Waals surface area contributed by atoms with Gasteiger partial charge in [-0.3, -0.25) is 4.57 Å². The first-order chi connectivity index (χ1) is 13.7. The van der Waals surface area contributed by atoms with E-state index in [0.717, 1.165) is 28.4 Å². The van der Waals surface area contributed by atoms with Crippen LogP contribution in [0.2, 0.25) is 0 Å². The van der Waals surface area contributed by atoms with Crippen molar-refractivity contribution in [1.29, 1.82) is 0 Å². The fourth-order valence-corrected chi connectivity index (χ4v) is 3.33. The number of hydrogen-bond acceptors (Lipinski definition) is 6. The minimum absolute atomic E-state index is 0.135. The second-order valence-corrected chi connectivity index (χ2v) is 6.62. The maximum absolute atomic E-state index is 4.86. The zero-order chi connectivity index (χ0) is 19.1. The number of aryl methyl sites for hydroxylation is 1. The number of pyridine rings is 1. The highest BCUT2D eigenvalue weighted by Gasteiger charge is 2.20. The molecule has 0 bridgehead atoms. The lowest BCUT2D eigenvalue weighted by atomic mass is 10.2. The number of nitrogens with zero attached hydrogens (tertiary/aromatic N) is 6. The molecule has 0 unspecified atom stereocenters. The number of anilines is 1. The van der Waals surface area contributed by atoms with Gasteiger partial charge in [-0.2, -0.15) is 0 Å². The molecule has 0 saturated carbocycles. The molecule has 0 fully saturated rings. The van der Waals surface area contributed by atoms with Crippen molar-refractivity contribution in [1.82, 2.24) is 34.5 Å². The van der Waals surface area contributed by atoms with Crippen molar-refractivity contribution in [3.8, 4) is 5.69 Å². The van der Waals surface area contributed by atoms with Crippen molar-refractivity contribution in [3.63, 3.8) is 0 Å². The molecule has 2 N–H and O–H groups in total. The molecule has 0 amide bonds. The van der Waals surface area contributed by atoms with Crippen molar-refractivity contribution in [2.24, 2.45) is 0 Å². The smallest absolute Gasteiger partial charge is 0.164 e. The van der Waals surface area contributed by atoms with E-state index in [-0.39, 0.29) is 6.04 Å². The Labute approximate surface area is 160 Å². The van der Waals surface area contributed by atoms with Crippen molar-refractivity contribution in [2.45, 2.75) is 19.9 Å². The predicted molar refractivity (Wildman–Crippen MR) is 107 cm³/mol. The maximum atomic E-state index is 4.86. The number of benzene rings is 1. The second kappa shape index (κ2) is 6.41. The molecule has 1 aromatic carbocycles. The molecule has 0 aliphatic rings. The summed E-state index contributed by atoms with van der Waals surface area (Å²) in [4.78, 5) is 25.5. The zero-order valence-corrected chi connectivity index (χ0v) is 15.5. The largest absolute Gasteiger partial charge is 0.358 e. The molecule has 138 valence electrons. The molecule has 8 nitrogen and oxygen atoms in total. The summed E-state index contributed by atoms with van der Waals surface area (Å²) >= 11 is 0. The van der Waals surface area contributed by atoms with Crippen LogP contribution in [0.3, 0.4) is 0 Å². The van der Waals surface area contributed by atoms with Gasteiger partial charge in [0.25, 0.3) is 0 Å². The molecule has 0 saturated heterocycles. The van der Waals surface area contributed by atoms with Crippen molar-refractivity contribution in [3.05, 3.63) is 66.6 Å². The SMILES string of the molecule is Cc1ccc2nc([C@H](C)Nc3ncnc4[nH]cnc34)n(-c3ccccc3)c2n1. The van der Waals surface area contributed by atoms with E-state index in [4.69, 9.17) is 9.97 Å². The van der Waals surface area contributed by atoms with Gasteiger partial charge in [0.2, 0.25) is 0 Å². The van der Waals surface area contributed by atoms with E-state index in [1.165, 1.54) is 6.33 Å². The quantitative estimate of drug-likeness (QED) is 0.502. The Morgan fingerprint density at radius 2 is 1.86 bits per heavy atom. The second-order valence-electron chi connectivity index (χ2n) is 6.62. The summed E-state index contributed by atoms with van der Waals surface area (Å²) in [5, 5.41) is 3.43. The van der Waals surface area contributed by atoms with Crippen LogP contribution in [0.4, 0.5) is 5.82 Å². The molecule has 4 heterocycles. The van der Waals surface area contributed by atoms with E-state index in [2.05, 4.69) is 42.0 Å². The summed E-state index contributed by atoms with van der Waals surface area (Å²) in [7, 11) is 0. The van der Waals surface area contributed by atoms with Crippen LogP contribution in [0.25, 0.3) is 28.0 Å². The normalized spacial score (nSPS) is 12.5. The van der Waals surface area contributed by atoms with Gasteiger partial charge in [0.05, 0.1) is 12.4 Å². The highest BCUT2D eigenvalue weighted by molar-refractivity contribution is 5.82. The lowest BCUT2D eigenvalue weighted by Crippen LogP contribution is -2.14. The third-order valence-corrected chi connectivity index (χ3v) is 4.64. The van der Waals surface area contributed by atoms with Crippen LogP contribution in [0, 0.1) is 6.92 Å². The molecule has 0 spiro atoms. The average Bonchev–Trinajstić information content (AvgIpc) is 3.33. The molecule has 5 aromatic rings. The van der Waals surface area contributed by atoms with Gasteiger partial charge in [-0.25, -0.2) is 24.9 Å². The molecule has 8 heteroatoms. The van der Waals surface area contributed by atoms with Crippen LogP contribution in [0.15, 0.2) is 55.1 Å². The molecule has 28 heavy (non-hydrogen) atoms. The first-order valence-corrected chi connectivity index (χ1v) is 9.03. The molecule has 0 aliphatic heterocycles. The number of aromatic nitrogens is 7. The van der Waals surface area contributed by atoms with E-state index in [1.807, 2.05) is 44.2 Å². The Balaban J connectivity index is 1.64. The Morgan fingerprint density at radius 3 is 2.71 bits per heavy atom. The number of H-pyrrole nitrogens is 1. The van der Waals surface area contributed by atoms with Crippen LogP contribution in [-0.2, 0) is 0 Å². The number of fused-ring (bicyclic) bond motifs is 2. The van der Waals surface area contributed by atoms with Gasteiger partial charge in [0, 0.05) is 11.4 Å². The zero-order valence-electron chi connectivity index (χ0n) is 15.5. The van der Waals surface area contributed by atoms with Crippen molar-refractivity contribution < 1.29 is 0 Å². The maximum Gasteiger partial charge on any atom is 0.164 e. The number of nitrogens with one attached hydrogen (secondary N) is 2. The van der Waals surface area contributed by atoms with Gasteiger partial charge in [-0.1, -0.05) is 18.2 Å². The summed E-state index contributed by atoms with van der Waals surface area (Å²) in [6, 6.07) is 14.0. The minimum Gasteiger partial charge on any atom is -0.358 e. The standard InChI is InChI=1S/C20H18N8/c1-12-8-9-15-20(25-12)28(14-6-4-3-5-7-14)19(27-15)13(2)26-18-16-17(22-10-21-16)23-11-24-18/h3-11,13H,1-2H3,(H2,21,22,23,24,26)/t13-/m0/s1. The summed E-state index contributed by atoms with van der Waals surface area (Å²) in [5.74, 6) is 1.51. The van der Waals surface area contributed by atoms with Crippen LogP contribution in [0.1, 0.15) is 24.5 Å². The van der Waals surface area contributed by atoms with Crippen molar-refractivity contribution >= 4 is 28.1 Å². The summed E-state index contributed by atoms with van der Waals surface area (Å²) < 4.78 is 2.09. The summed E-state index contributed by atoms with van der Waals surface area (Å²) in [5.41, 5.74) is 5.04.